The lowest BCUT2D eigenvalue weighted by Gasteiger charge is -2.04. The van der Waals surface area contributed by atoms with Crippen LogP contribution in [0, 0.1) is 27.7 Å². The van der Waals surface area contributed by atoms with Crippen LogP contribution < -0.4 is 5.32 Å². The third-order valence-corrected chi connectivity index (χ3v) is 6.54. The Morgan fingerprint density at radius 2 is 1.65 bits per heavy atom. The summed E-state index contributed by atoms with van der Waals surface area (Å²) in [5.41, 5.74) is 7.54. The molecule has 4 rings (SSSR count). The van der Waals surface area contributed by atoms with Gasteiger partial charge < -0.3 is 5.32 Å². The van der Waals surface area contributed by atoms with Crippen molar-refractivity contribution in [3.63, 3.8) is 0 Å². The highest BCUT2D eigenvalue weighted by Crippen LogP contribution is 2.26. The third-order valence-electron chi connectivity index (χ3n) is 5.41. The normalized spacial score (nSPS) is 11.0. The van der Waals surface area contributed by atoms with Crippen LogP contribution in [0.15, 0.2) is 54.6 Å². The van der Waals surface area contributed by atoms with Gasteiger partial charge in [-0.15, -0.1) is 0 Å². The van der Waals surface area contributed by atoms with Gasteiger partial charge in [0.1, 0.15) is 4.88 Å². The largest absolute Gasteiger partial charge is 0.347 e. The zero-order chi connectivity index (χ0) is 22.0. The fourth-order valence-corrected chi connectivity index (χ4v) is 4.56. The van der Waals surface area contributed by atoms with Crippen LogP contribution in [0.4, 0.5) is 0 Å². The lowest BCUT2D eigenvalue weighted by Crippen LogP contribution is -2.22. The zero-order valence-electron chi connectivity index (χ0n) is 18.3. The number of nitrogens with one attached hydrogen (secondary N) is 1. The van der Waals surface area contributed by atoms with Crippen LogP contribution in [0.1, 0.15) is 49.0 Å². The molecule has 158 valence electrons. The number of nitrogens with zero attached hydrogens (tertiary/aromatic N) is 3. The highest BCUT2D eigenvalue weighted by molar-refractivity contribution is 7.16. The summed E-state index contributed by atoms with van der Waals surface area (Å²) in [6.07, 6.45) is 0.826. The quantitative estimate of drug-likeness (QED) is 0.464. The molecule has 0 radical (unpaired) electrons. The second kappa shape index (κ2) is 8.86. The Balaban J connectivity index is 1.55. The maximum Gasteiger partial charge on any atom is 0.263 e. The Kier molecular flexibility index (Phi) is 6.00. The first kappa shape index (κ1) is 21.0. The van der Waals surface area contributed by atoms with Crippen LogP contribution in [-0.2, 0) is 13.0 Å². The van der Waals surface area contributed by atoms with Crippen molar-refractivity contribution in [2.45, 2.75) is 40.7 Å². The van der Waals surface area contributed by atoms with Gasteiger partial charge in [0.05, 0.1) is 11.4 Å². The Hall–Kier alpha value is -3.25. The van der Waals surface area contributed by atoms with Crippen LogP contribution in [0.3, 0.4) is 0 Å². The number of benzene rings is 2. The minimum Gasteiger partial charge on any atom is -0.347 e. The van der Waals surface area contributed by atoms with Gasteiger partial charge in [0.25, 0.3) is 5.91 Å². The van der Waals surface area contributed by atoms with Crippen LogP contribution >= 0.6 is 11.3 Å². The average molecular weight is 431 g/mol. The minimum absolute atomic E-state index is 0.105. The Labute approximate surface area is 186 Å². The van der Waals surface area contributed by atoms with Crippen molar-refractivity contribution in [1.82, 2.24) is 20.1 Å². The number of carbonyl (C=O) groups excluding carboxylic acids is 1. The standard InChI is InChI=1S/C25H26N4OS/c1-16-10-12-20(13-11-16)14-22-17(2)28-29(19(22)4)25-27-18(3)23(31-25)24(30)26-15-21-8-6-5-7-9-21/h5-13H,14-15H2,1-4H3,(H,26,30). The molecule has 1 amide bonds. The van der Waals surface area contributed by atoms with E-state index in [1.807, 2.05) is 48.9 Å². The monoisotopic (exact) mass is 430 g/mol. The molecular formula is C25H26N4OS. The molecule has 0 saturated carbocycles. The van der Waals surface area contributed by atoms with Crippen LogP contribution in [0.5, 0.6) is 0 Å². The predicted octanol–water partition coefficient (Wildman–Crippen LogP) is 5.08. The highest BCUT2D eigenvalue weighted by atomic mass is 32.1. The number of thiazole rings is 1. The number of aromatic nitrogens is 3. The van der Waals surface area contributed by atoms with E-state index in [0.717, 1.165) is 34.2 Å². The smallest absolute Gasteiger partial charge is 0.263 e. The van der Waals surface area contributed by atoms with E-state index in [2.05, 4.69) is 48.4 Å². The summed E-state index contributed by atoms with van der Waals surface area (Å²) in [6.45, 7) is 8.55. The topological polar surface area (TPSA) is 59.8 Å². The van der Waals surface area contributed by atoms with Crippen LogP contribution in [-0.4, -0.2) is 20.7 Å². The van der Waals surface area contributed by atoms with E-state index in [1.165, 1.54) is 28.0 Å². The summed E-state index contributed by atoms with van der Waals surface area (Å²) in [5, 5.41) is 8.45. The van der Waals surface area contributed by atoms with Crippen LogP contribution in [0.25, 0.3) is 5.13 Å². The first-order chi connectivity index (χ1) is 14.9. The van der Waals surface area contributed by atoms with Crippen molar-refractivity contribution >= 4 is 17.2 Å². The van der Waals surface area contributed by atoms with Crippen molar-refractivity contribution in [3.8, 4) is 5.13 Å². The van der Waals surface area contributed by atoms with E-state index >= 15 is 0 Å². The van der Waals surface area contributed by atoms with Gasteiger partial charge in [-0.25, -0.2) is 9.67 Å². The summed E-state index contributed by atoms with van der Waals surface area (Å²) in [6, 6.07) is 18.5. The van der Waals surface area contributed by atoms with Crippen LogP contribution in [0.2, 0.25) is 0 Å². The maximum absolute atomic E-state index is 12.7. The average Bonchev–Trinajstić information content (AvgIpc) is 3.29. The molecule has 0 aliphatic heterocycles. The first-order valence-corrected chi connectivity index (χ1v) is 11.1. The Morgan fingerprint density at radius 3 is 2.35 bits per heavy atom. The lowest BCUT2D eigenvalue weighted by atomic mass is 10.0. The van der Waals surface area contributed by atoms with Gasteiger partial charge in [-0.05, 0) is 38.8 Å². The molecule has 2 aromatic heterocycles. The van der Waals surface area contributed by atoms with Gasteiger partial charge >= 0.3 is 0 Å². The van der Waals surface area contributed by atoms with E-state index < -0.39 is 0 Å². The van der Waals surface area contributed by atoms with E-state index in [1.54, 1.807) is 0 Å². The number of amides is 1. The summed E-state index contributed by atoms with van der Waals surface area (Å²) in [7, 11) is 0. The molecule has 6 heteroatoms. The molecule has 0 fully saturated rings. The van der Waals surface area contributed by atoms with Gasteiger partial charge in [-0.2, -0.15) is 5.10 Å². The fourth-order valence-electron chi connectivity index (χ4n) is 3.57. The molecule has 31 heavy (non-hydrogen) atoms. The molecule has 0 aliphatic carbocycles. The molecule has 2 aromatic carbocycles. The predicted molar refractivity (Wildman–Crippen MR) is 125 cm³/mol. The second-order valence-electron chi connectivity index (χ2n) is 7.80. The molecular weight excluding hydrogens is 404 g/mol. The van der Waals surface area contributed by atoms with Crippen molar-refractivity contribution in [3.05, 3.63) is 98.8 Å². The molecule has 0 unspecified atom stereocenters. The van der Waals surface area contributed by atoms with E-state index in [4.69, 9.17) is 5.10 Å². The van der Waals surface area contributed by atoms with Gasteiger partial charge in [0, 0.05) is 24.2 Å². The van der Waals surface area contributed by atoms with E-state index in [9.17, 15) is 4.79 Å². The molecule has 0 spiro atoms. The summed E-state index contributed by atoms with van der Waals surface area (Å²) in [4.78, 5) is 18.0. The summed E-state index contributed by atoms with van der Waals surface area (Å²) < 4.78 is 1.87. The van der Waals surface area contributed by atoms with Crippen molar-refractivity contribution < 1.29 is 4.79 Å². The number of carbonyl (C=O) groups is 1. The SMILES string of the molecule is Cc1ccc(Cc2c(C)nn(-c3nc(C)c(C(=O)NCc4ccccc4)s3)c2C)cc1. The van der Waals surface area contributed by atoms with Crippen molar-refractivity contribution in [1.29, 1.82) is 0 Å². The van der Waals surface area contributed by atoms with Gasteiger partial charge in [0.2, 0.25) is 5.13 Å². The second-order valence-corrected chi connectivity index (χ2v) is 8.78. The van der Waals surface area contributed by atoms with Gasteiger partial charge in [-0.1, -0.05) is 71.5 Å². The molecule has 2 heterocycles. The molecule has 0 atom stereocenters. The molecule has 5 nitrogen and oxygen atoms in total. The van der Waals surface area contributed by atoms with E-state index in [-0.39, 0.29) is 5.91 Å². The van der Waals surface area contributed by atoms with E-state index in [0.29, 0.717) is 11.4 Å². The molecule has 0 aliphatic rings. The lowest BCUT2D eigenvalue weighted by molar-refractivity contribution is 0.0954. The minimum atomic E-state index is -0.105. The molecule has 0 saturated heterocycles. The fraction of sp³-hybridized carbons (Fsp3) is 0.240. The van der Waals surface area contributed by atoms with Gasteiger partial charge in [-0.3, -0.25) is 4.79 Å². The highest BCUT2D eigenvalue weighted by Gasteiger charge is 2.20. The Bertz CT molecular complexity index is 1210. The zero-order valence-corrected chi connectivity index (χ0v) is 19.1. The molecule has 0 bridgehead atoms. The summed E-state index contributed by atoms with van der Waals surface area (Å²) >= 11 is 1.38. The maximum atomic E-state index is 12.7. The third kappa shape index (κ3) is 4.59. The molecule has 4 aromatic rings. The Morgan fingerprint density at radius 1 is 0.935 bits per heavy atom. The number of rotatable bonds is 6. The first-order valence-electron chi connectivity index (χ1n) is 10.3. The molecule has 1 N–H and O–H groups in total. The van der Waals surface area contributed by atoms with Crippen molar-refractivity contribution in [2.75, 3.05) is 0 Å². The van der Waals surface area contributed by atoms with Crippen molar-refractivity contribution in [2.24, 2.45) is 0 Å². The van der Waals surface area contributed by atoms with Gasteiger partial charge in [0.15, 0.2) is 0 Å². The number of hydrogen-bond donors (Lipinski definition) is 1. The number of aryl methyl sites for hydroxylation is 3. The number of hydrogen-bond acceptors (Lipinski definition) is 4. The summed E-state index contributed by atoms with van der Waals surface area (Å²) in [5.74, 6) is -0.105.